The van der Waals surface area contributed by atoms with E-state index < -0.39 is 10.1 Å². The fraction of sp³-hybridized carbons (Fsp3) is 0.435. The summed E-state index contributed by atoms with van der Waals surface area (Å²) in [5.74, 6) is 0. The zero-order valence-corrected chi connectivity index (χ0v) is 20.5. The molecule has 0 saturated carbocycles. The minimum Gasteiger partial charge on any atom is -0.384 e. The van der Waals surface area contributed by atoms with Gasteiger partial charge < -0.3 is 5.32 Å². The number of non-ortho nitro benzene ring substituents is 1. The van der Waals surface area contributed by atoms with Gasteiger partial charge in [0, 0.05) is 36.6 Å². The van der Waals surface area contributed by atoms with E-state index in [1.807, 2.05) is 30.3 Å². The van der Waals surface area contributed by atoms with Crippen molar-refractivity contribution in [3.05, 3.63) is 52.6 Å². The van der Waals surface area contributed by atoms with Crippen LogP contribution in [0.2, 0.25) is 0 Å². The minimum absolute atomic E-state index is 0.0873. The van der Waals surface area contributed by atoms with E-state index >= 15 is 0 Å². The molecule has 33 heavy (non-hydrogen) atoms. The number of rotatable bonds is 8. The number of hydrogen-bond donors (Lipinski definition) is 2. The Bertz CT molecular complexity index is 1200. The number of nitrogens with zero attached hydrogens (tertiary/aromatic N) is 3. The summed E-state index contributed by atoms with van der Waals surface area (Å²) in [5.41, 5.74) is 2.36. The zero-order chi connectivity index (χ0) is 24.8. The van der Waals surface area contributed by atoms with Gasteiger partial charge in [0.25, 0.3) is 15.8 Å². The van der Waals surface area contributed by atoms with E-state index in [0.717, 1.165) is 36.1 Å². The van der Waals surface area contributed by atoms with Crippen molar-refractivity contribution >= 4 is 43.3 Å². The molecule has 1 heterocycles. The number of aromatic nitrogens is 1. The smallest absolute Gasteiger partial charge is 0.280 e. The summed E-state index contributed by atoms with van der Waals surface area (Å²) in [6, 6.07) is 13.8. The van der Waals surface area contributed by atoms with Crippen molar-refractivity contribution in [3.8, 4) is 0 Å². The van der Waals surface area contributed by atoms with Gasteiger partial charge in [-0.2, -0.15) is 8.42 Å². The molecular formula is C23H32N4O5S. The van der Waals surface area contributed by atoms with Crippen LogP contribution in [0.5, 0.6) is 0 Å². The Labute approximate surface area is 194 Å². The van der Waals surface area contributed by atoms with Gasteiger partial charge >= 0.3 is 0 Å². The molecule has 3 aromatic rings. The van der Waals surface area contributed by atoms with Crippen LogP contribution in [0.1, 0.15) is 34.1 Å². The van der Waals surface area contributed by atoms with Gasteiger partial charge in [0.1, 0.15) is 5.39 Å². The number of hydrogen-bond acceptors (Lipinski definition) is 7. The lowest BCUT2D eigenvalue weighted by atomic mass is 10.1. The quantitative estimate of drug-likeness (QED) is 0.157. The Morgan fingerprint density at radius 2 is 1.64 bits per heavy atom. The standard InChI is InChI=1S/C22H28N4O2.CH4O3S/c1-15(2)25(16(3)4)14-8-13-23-22-17-9-5-6-10-18(17)24-19-11-7-12-20(21(19)22)26(27)28;1-5(2,3)4/h5-7,9-12,15-16H,8,13-14H2,1-4H3,(H,23,24);1H3,(H,2,3,4). The van der Waals surface area contributed by atoms with Gasteiger partial charge in [0.15, 0.2) is 0 Å². The second-order valence-electron chi connectivity index (χ2n) is 8.37. The number of nitro benzene ring substituents is 1. The molecule has 2 N–H and O–H groups in total. The topological polar surface area (TPSA) is 126 Å². The van der Waals surface area contributed by atoms with Gasteiger partial charge in [-0.1, -0.05) is 24.3 Å². The molecule has 2 aromatic carbocycles. The maximum atomic E-state index is 11.6. The summed E-state index contributed by atoms with van der Waals surface area (Å²) < 4.78 is 25.9. The maximum Gasteiger partial charge on any atom is 0.280 e. The van der Waals surface area contributed by atoms with Gasteiger partial charge in [-0.05, 0) is 46.2 Å². The molecule has 0 radical (unpaired) electrons. The van der Waals surface area contributed by atoms with E-state index in [9.17, 15) is 18.5 Å². The van der Waals surface area contributed by atoms with Crippen molar-refractivity contribution in [2.45, 2.75) is 46.2 Å². The molecular weight excluding hydrogens is 444 g/mol. The number of nitrogens with one attached hydrogen (secondary N) is 1. The first-order valence-electron chi connectivity index (χ1n) is 10.8. The summed E-state index contributed by atoms with van der Waals surface area (Å²) in [7, 11) is -3.67. The zero-order valence-electron chi connectivity index (χ0n) is 19.6. The lowest BCUT2D eigenvalue weighted by molar-refractivity contribution is -0.383. The van der Waals surface area contributed by atoms with Gasteiger partial charge in [-0.15, -0.1) is 0 Å². The Morgan fingerprint density at radius 3 is 2.21 bits per heavy atom. The second kappa shape index (κ2) is 11.4. The van der Waals surface area contributed by atoms with Crippen molar-refractivity contribution < 1.29 is 17.9 Å². The third-order valence-corrected chi connectivity index (χ3v) is 5.10. The van der Waals surface area contributed by atoms with Crippen LogP contribution in [0.3, 0.4) is 0 Å². The van der Waals surface area contributed by atoms with Crippen LogP contribution >= 0.6 is 0 Å². The van der Waals surface area contributed by atoms with E-state index in [-0.39, 0.29) is 10.6 Å². The van der Waals surface area contributed by atoms with Crippen LogP contribution in [0, 0.1) is 10.1 Å². The lowest BCUT2D eigenvalue weighted by Gasteiger charge is -2.30. The van der Waals surface area contributed by atoms with E-state index in [2.05, 4.69) is 42.9 Å². The maximum absolute atomic E-state index is 11.6. The number of benzene rings is 2. The number of pyridine rings is 1. The summed E-state index contributed by atoms with van der Waals surface area (Å²) in [5, 5.41) is 16.6. The Kier molecular flexibility index (Phi) is 9.09. The van der Waals surface area contributed by atoms with Crippen LogP contribution in [0.15, 0.2) is 42.5 Å². The highest BCUT2D eigenvalue weighted by Gasteiger charge is 2.19. The van der Waals surface area contributed by atoms with Gasteiger partial charge in [0.2, 0.25) is 0 Å². The van der Waals surface area contributed by atoms with Crippen molar-refractivity contribution in [1.82, 2.24) is 9.88 Å². The molecule has 3 rings (SSSR count). The molecule has 0 saturated heterocycles. The van der Waals surface area contributed by atoms with Crippen LogP contribution in [-0.4, -0.2) is 59.2 Å². The van der Waals surface area contributed by atoms with Crippen molar-refractivity contribution in [2.24, 2.45) is 0 Å². The fourth-order valence-corrected chi connectivity index (χ4v) is 3.85. The summed E-state index contributed by atoms with van der Waals surface area (Å²) >= 11 is 0. The fourth-order valence-electron chi connectivity index (χ4n) is 3.85. The molecule has 9 nitrogen and oxygen atoms in total. The van der Waals surface area contributed by atoms with Crippen molar-refractivity contribution in [2.75, 3.05) is 24.7 Å². The predicted octanol–water partition coefficient (Wildman–Crippen LogP) is 4.72. The Hall–Kier alpha value is -2.82. The van der Waals surface area contributed by atoms with E-state index in [4.69, 9.17) is 4.55 Å². The molecule has 0 amide bonds. The third-order valence-electron chi connectivity index (χ3n) is 5.10. The first kappa shape index (κ1) is 26.4. The highest BCUT2D eigenvalue weighted by molar-refractivity contribution is 7.85. The van der Waals surface area contributed by atoms with Crippen LogP contribution < -0.4 is 5.32 Å². The average Bonchev–Trinajstić information content (AvgIpc) is 2.70. The van der Waals surface area contributed by atoms with Crippen molar-refractivity contribution in [3.63, 3.8) is 0 Å². The summed E-state index contributed by atoms with van der Waals surface area (Å²) in [6.45, 7) is 10.6. The first-order valence-corrected chi connectivity index (χ1v) is 12.6. The van der Waals surface area contributed by atoms with Crippen LogP contribution in [-0.2, 0) is 10.1 Å². The van der Waals surface area contributed by atoms with Gasteiger partial charge in [-0.3, -0.25) is 19.6 Å². The normalized spacial score (nSPS) is 11.8. The molecule has 180 valence electrons. The van der Waals surface area contributed by atoms with Crippen molar-refractivity contribution in [1.29, 1.82) is 0 Å². The van der Waals surface area contributed by atoms with E-state index in [1.165, 1.54) is 0 Å². The molecule has 0 unspecified atom stereocenters. The number of fused-ring (bicyclic) bond motifs is 2. The molecule has 0 spiro atoms. The Morgan fingerprint density at radius 1 is 1.06 bits per heavy atom. The summed E-state index contributed by atoms with van der Waals surface area (Å²) in [4.78, 5) is 18.4. The monoisotopic (exact) mass is 476 g/mol. The highest BCUT2D eigenvalue weighted by atomic mass is 32.2. The average molecular weight is 477 g/mol. The Balaban J connectivity index is 0.000000696. The predicted molar refractivity (Wildman–Crippen MR) is 133 cm³/mol. The number of anilines is 1. The lowest BCUT2D eigenvalue weighted by Crippen LogP contribution is -2.38. The molecule has 0 aliphatic carbocycles. The van der Waals surface area contributed by atoms with Gasteiger partial charge in [-0.25, -0.2) is 4.98 Å². The van der Waals surface area contributed by atoms with Crippen LogP contribution in [0.25, 0.3) is 21.8 Å². The van der Waals surface area contributed by atoms with Crippen LogP contribution in [0.4, 0.5) is 11.4 Å². The second-order valence-corrected chi connectivity index (χ2v) is 9.84. The van der Waals surface area contributed by atoms with Gasteiger partial charge in [0.05, 0.1) is 27.9 Å². The molecule has 10 heteroatoms. The number of para-hydroxylation sites is 1. The first-order chi connectivity index (χ1) is 15.4. The third kappa shape index (κ3) is 7.62. The molecule has 0 fully saturated rings. The van der Waals surface area contributed by atoms with E-state index in [1.54, 1.807) is 12.1 Å². The SMILES string of the molecule is CC(C)N(CCCNc1c2ccccc2nc2cccc([N+](=O)[O-])c12)C(C)C.CS(=O)(=O)O. The highest BCUT2D eigenvalue weighted by Crippen LogP contribution is 2.36. The molecule has 0 bridgehead atoms. The summed E-state index contributed by atoms with van der Waals surface area (Å²) in [6.07, 6.45) is 1.67. The molecule has 0 aliphatic heterocycles. The van der Waals surface area contributed by atoms with E-state index in [0.29, 0.717) is 29.2 Å². The molecule has 1 aromatic heterocycles. The largest absolute Gasteiger partial charge is 0.384 e. The molecule has 0 atom stereocenters. The number of nitro groups is 1. The molecule has 0 aliphatic rings. The minimum atomic E-state index is -3.67.